The van der Waals surface area contributed by atoms with E-state index in [1.165, 1.54) is 5.56 Å². The highest BCUT2D eigenvalue weighted by atomic mass is 15.4. The molecule has 1 saturated heterocycles. The van der Waals surface area contributed by atoms with E-state index in [4.69, 9.17) is 0 Å². The number of benzene rings is 1. The number of nitrogens with one attached hydrogen (secondary N) is 1. The molecule has 1 aromatic carbocycles. The first-order chi connectivity index (χ1) is 14.4. The van der Waals surface area contributed by atoms with Crippen molar-refractivity contribution in [2.45, 2.75) is 18.9 Å². The van der Waals surface area contributed by atoms with Crippen LogP contribution in [0.1, 0.15) is 24.4 Å². The molecule has 7 nitrogen and oxygen atoms in total. The molecule has 3 aromatic heterocycles. The summed E-state index contributed by atoms with van der Waals surface area (Å²) >= 11 is 0. The Morgan fingerprint density at radius 3 is 2.72 bits per heavy atom. The lowest BCUT2D eigenvalue weighted by Crippen LogP contribution is -2.22. The first kappa shape index (κ1) is 17.4. The molecule has 5 rings (SSSR count). The van der Waals surface area contributed by atoms with Crippen LogP contribution >= 0.6 is 0 Å². The molecule has 0 spiro atoms. The predicted molar refractivity (Wildman–Crippen MR) is 112 cm³/mol. The van der Waals surface area contributed by atoms with Crippen molar-refractivity contribution < 1.29 is 0 Å². The van der Waals surface area contributed by atoms with Gasteiger partial charge in [0.25, 0.3) is 0 Å². The summed E-state index contributed by atoms with van der Waals surface area (Å²) in [4.78, 5) is 15.5. The van der Waals surface area contributed by atoms with Gasteiger partial charge in [-0.1, -0.05) is 24.3 Å². The molecule has 7 heteroatoms. The highest BCUT2D eigenvalue weighted by Crippen LogP contribution is 2.36. The minimum absolute atomic E-state index is 0.342. The van der Waals surface area contributed by atoms with E-state index >= 15 is 0 Å². The zero-order chi connectivity index (χ0) is 19.5. The fourth-order valence-electron chi connectivity index (χ4n) is 3.80. The predicted octanol–water partition coefficient (Wildman–Crippen LogP) is 4.14. The number of aromatic nitrogens is 5. The topological polar surface area (TPSA) is 71.8 Å². The van der Waals surface area contributed by atoms with E-state index in [0.717, 1.165) is 36.6 Å². The number of rotatable bonds is 5. The molecule has 1 atom stereocenters. The van der Waals surface area contributed by atoms with Gasteiger partial charge in [0.2, 0.25) is 5.95 Å². The molecule has 1 N–H and O–H groups in total. The van der Waals surface area contributed by atoms with Gasteiger partial charge >= 0.3 is 0 Å². The van der Waals surface area contributed by atoms with Crippen molar-refractivity contribution in [2.75, 3.05) is 16.8 Å². The van der Waals surface area contributed by atoms with Crippen molar-refractivity contribution in [3.63, 3.8) is 0 Å². The van der Waals surface area contributed by atoms with E-state index in [1.807, 2.05) is 55.0 Å². The Morgan fingerprint density at radius 1 is 0.931 bits per heavy atom. The largest absolute Gasteiger partial charge is 0.364 e. The lowest BCUT2D eigenvalue weighted by molar-refractivity contribution is 0.715. The maximum absolute atomic E-state index is 4.50. The fraction of sp³-hybridized carbons (Fsp3) is 0.182. The Bertz CT molecular complexity index is 1080. The summed E-state index contributed by atoms with van der Waals surface area (Å²) in [6.07, 6.45) is 9.58. The Morgan fingerprint density at radius 2 is 1.86 bits per heavy atom. The molecule has 1 aliphatic heterocycles. The standard InChI is InChI=1S/C22H21N7/c1-2-7-18(8-3-1)29-16-25-22(27-29)26-21-14-19(10-12-24-21)28-13-5-9-20(28)17-6-4-11-23-15-17/h1-4,6-8,10-12,14-16,20H,5,9,13H2,(H,24,26,27). The summed E-state index contributed by atoms with van der Waals surface area (Å²) in [5.41, 5.74) is 3.35. The first-order valence-electron chi connectivity index (χ1n) is 9.73. The number of hydrogen-bond acceptors (Lipinski definition) is 6. The molecule has 0 saturated carbocycles. The second-order valence-corrected chi connectivity index (χ2v) is 7.01. The molecule has 144 valence electrons. The van der Waals surface area contributed by atoms with Gasteiger partial charge in [0.1, 0.15) is 12.1 Å². The van der Waals surface area contributed by atoms with Crippen LogP contribution in [0, 0.1) is 0 Å². The van der Waals surface area contributed by atoms with Crippen molar-refractivity contribution in [1.82, 2.24) is 24.7 Å². The van der Waals surface area contributed by atoms with E-state index < -0.39 is 0 Å². The monoisotopic (exact) mass is 383 g/mol. The molecule has 0 bridgehead atoms. The summed E-state index contributed by atoms with van der Waals surface area (Å²) in [6.45, 7) is 1.02. The van der Waals surface area contributed by atoms with Crippen molar-refractivity contribution in [3.05, 3.63) is 85.1 Å². The third kappa shape index (κ3) is 3.67. The normalized spacial score (nSPS) is 16.1. The Kier molecular flexibility index (Phi) is 4.62. The van der Waals surface area contributed by atoms with Crippen LogP contribution in [0.4, 0.5) is 17.5 Å². The van der Waals surface area contributed by atoms with Crippen molar-refractivity contribution in [3.8, 4) is 5.69 Å². The van der Waals surface area contributed by atoms with Gasteiger partial charge in [0.15, 0.2) is 0 Å². The molecular weight excluding hydrogens is 362 g/mol. The van der Waals surface area contributed by atoms with E-state index in [1.54, 1.807) is 11.0 Å². The zero-order valence-corrected chi connectivity index (χ0v) is 15.9. The molecule has 1 fully saturated rings. The number of nitrogens with zero attached hydrogens (tertiary/aromatic N) is 6. The molecule has 4 aromatic rings. The molecule has 1 unspecified atom stereocenters. The van der Waals surface area contributed by atoms with Crippen LogP contribution in [0.5, 0.6) is 0 Å². The van der Waals surface area contributed by atoms with E-state index in [2.05, 4.69) is 48.5 Å². The number of para-hydroxylation sites is 1. The third-order valence-electron chi connectivity index (χ3n) is 5.15. The van der Waals surface area contributed by atoms with Crippen molar-refractivity contribution in [2.24, 2.45) is 0 Å². The highest BCUT2D eigenvalue weighted by Gasteiger charge is 2.26. The van der Waals surface area contributed by atoms with Gasteiger partial charge in [-0.2, -0.15) is 4.98 Å². The minimum Gasteiger partial charge on any atom is -0.364 e. The maximum Gasteiger partial charge on any atom is 0.248 e. The van der Waals surface area contributed by atoms with Gasteiger partial charge in [0, 0.05) is 36.9 Å². The van der Waals surface area contributed by atoms with Gasteiger partial charge < -0.3 is 10.2 Å². The summed E-state index contributed by atoms with van der Waals surface area (Å²) in [5.74, 6) is 1.24. The average molecular weight is 383 g/mol. The van der Waals surface area contributed by atoms with Crippen LogP contribution in [0.15, 0.2) is 79.5 Å². The summed E-state index contributed by atoms with van der Waals surface area (Å²) in [6, 6.07) is 18.5. The Labute approximate surface area is 169 Å². The number of anilines is 3. The van der Waals surface area contributed by atoms with Crippen LogP contribution in [0.2, 0.25) is 0 Å². The quantitative estimate of drug-likeness (QED) is 0.558. The Balaban J connectivity index is 1.36. The van der Waals surface area contributed by atoms with E-state index in [-0.39, 0.29) is 0 Å². The molecule has 0 amide bonds. The molecule has 0 aliphatic carbocycles. The third-order valence-corrected chi connectivity index (χ3v) is 5.15. The number of hydrogen-bond donors (Lipinski definition) is 1. The lowest BCUT2D eigenvalue weighted by Gasteiger charge is -2.27. The van der Waals surface area contributed by atoms with Crippen molar-refractivity contribution in [1.29, 1.82) is 0 Å². The molecule has 0 radical (unpaired) electrons. The summed E-state index contributed by atoms with van der Waals surface area (Å²) in [7, 11) is 0. The van der Waals surface area contributed by atoms with Crippen LogP contribution in [0.25, 0.3) is 5.69 Å². The molecule has 29 heavy (non-hydrogen) atoms. The van der Waals surface area contributed by atoms with E-state index in [0.29, 0.717) is 12.0 Å². The van der Waals surface area contributed by atoms with Crippen LogP contribution in [0.3, 0.4) is 0 Å². The van der Waals surface area contributed by atoms with Crippen LogP contribution < -0.4 is 10.2 Å². The molecule has 4 heterocycles. The van der Waals surface area contributed by atoms with Gasteiger partial charge in [-0.05, 0) is 42.7 Å². The molecular formula is C22H21N7. The smallest absolute Gasteiger partial charge is 0.248 e. The maximum atomic E-state index is 4.50. The van der Waals surface area contributed by atoms with Gasteiger partial charge in [-0.15, -0.1) is 5.10 Å². The zero-order valence-electron chi connectivity index (χ0n) is 15.9. The second-order valence-electron chi connectivity index (χ2n) is 7.01. The van der Waals surface area contributed by atoms with Gasteiger partial charge in [-0.25, -0.2) is 9.67 Å². The lowest BCUT2D eigenvalue weighted by atomic mass is 10.1. The van der Waals surface area contributed by atoms with Gasteiger partial charge in [-0.3, -0.25) is 4.98 Å². The number of pyridine rings is 2. The minimum atomic E-state index is 0.342. The average Bonchev–Trinajstić information content (AvgIpc) is 3.45. The molecule has 1 aliphatic rings. The summed E-state index contributed by atoms with van der Waals surface area (Å²) in [5, 5.41) is 7.72. The highest BCUT2D eigenvalue weighted by molar-refractivity contribution is 5.59. The fourth-order valence-corrected chi connectivity index (χ4v) is 3.80. The van der Waals surface area contributed by atoms with Gasteiger partial charge in [0.05, 0.1) is 11.7 Å². The Hall–Kier alpha value is -3.74. The summed E-state index contributed by atoms with van der Waals surface area (Å²) < 4.78 is 1.74. The van der Waals surface area contributed by atoms with Crippen LogP contribution in [-0.2, 0) is 0 Å². The van der Waals surface area contributed by atoms with E-state index in [9.17, 15) is 0 Å². The van der Waals surface area contributed by atoms with Crippen LogP contribution in [-0.4, -0.2) is 31.3 Å². The first-order valence-corrected chi connectivity index (χ1v) is 9.73. The second kappa shape index (κ2) is 7.71. The SMILES string of the molecule is c1ccc(-n2cnc(Nc3cc(N4CCCC4c4cccnc4)ccn3)n2)cc1. The van der Waals surface area contributed by atoms with Crippen molar-refractivity contribution >= 4 is 17.5 Å².